The van der Waals surface area contributed by atoms with Gasteiger partial charge in [0.25, 0.3) is 5.91 Å². The Bertz CT molecular complexity index is 974. The molecule has 0 radical (unpaired) electrons. The zero-order valence-corrected chi connectivity index (χ0v) is 14.8. The Morgan fingerprint density at radius 2 is 1.68 bits per heavy atom. The van der Waals surface area contributed by atoms with Gasteiger partial charge in [-0.25, -0.2) is 4.79 Å². The Morgan fingerprint density at radius 3 is 2.18 bits per heavy atom. The van der Waals surface area contributed by atoms with Crippen LogP contribution < -0.4 is 15.4 Å². The van der Waals surface area contributed by atoms with Crippen LogP contribution in [0.4, 0.5) is 4.79 Å². The van der Waals surface area contributed by atoms with Gasteiger partial charge in [-0.3, -0.25) is 14.9 Å². The molecule has 3 aliphatic rings. The lowest BCUT2D eigenvalue weighted by Gasteiger charge is -2.35. The highest BCUT2D eigenvalue weighted by molar-refractivity contribution is 6.08. The molecule has 2 aliphatic heterocycles. The molecule has 1 aliphatic carbocycles. The van der Waals surface area contributed by atoms with E-state index in [1.807, 2.05) is 48.5 Å². The number of carbonyl (C=O) groups is 3. The first-order valence-corrected chi connectivity index (χ1v) is 9.22. The van der Waals surface area contributed by atoms with E-state index >= 15 is 0 Å². The number of hydrogen-bond acceptors (Lipinski definition) is 4. The summed E-state index contributed by atoms with van der Waals surface area (Å²) in [5, 5.41) is 14.5. The van der Waals surface area contributed by atoms with Crippen LogP contribution in [0.2, 0.25) is 0 Å². The van der Waals surface area contributed by atoms with Crippen molar-refractivity contribution < 1.29 is 24.2 Å². The first-order chi connectivity index (χ1) is 13.5. The van der Waals surface area contributed by atoms with Gasteiger partial charge in [0.15, 0.2) is 0 Å². The van der Waals surface area contributed by atoms with Crippen molar-refractivity contribution in [1.82, 2.24) is 10.6 Å². The molecule has 7 heteroatoms. The first-order valence-electron chi connectivity index (χ1n) is 9.22. The molecule has 2 aromatic rings. The summed E-state index contributed by atoms with van der Waals surface area (Å²) in [5.74, 6) is -1.25. The SMILES string of the molecule is O=C1NC(=O)[C@](CC2c3ccccc3Oc3ccccc32)(C2C[C@@H]2C(=O)O)N1. The van der Waals surface area contributed by atoms with Crippen LogP contribution >= 0.6 is 0 Å². The van der Waals surface area contributed by atoms with E-state index < -0.39 is 35.3 Å². The summed E-state index contributed by atoms with van der Waals surface area (Å²) in [6.45, 7) is 0. The Morgan fingerprint density at radius 1 is 1.07 bits per heavy atom. The number of benzene rings is 2. The molecule has 3 amide bonds. The number of ether oxygens (including phenoxy) is 1. The Kier molecular flexibility index (Phi) is 3.49. The number of aliphatic carboxylic acids is 1. The first kappa shape index (κ1) is 16.8. The molecule has 3 N–H and O–H groups in total. The number of carbonyl (C=O) groups excluding carboxylic acids is 2. The van der Waals surface area contributed by atoms with Crippen molar-refractivity contribution in [2.45, 2.75) is 24.3 Å². The fraction of sp³-hybridized carbons (Fsp3) is 0.286. The third-order valence-electron chi connectivity index (χ3n) is 6.04. The van der Waals surface area contributed by atoms with E-state index in [2.05, 4.69) is 10.6 Å². The van der Waals surface area contributed by atoms with Crippen LogP contribution in [0.25, 0.3) is 0 Å². The number of urea groups is 1. The van der Waals surface area contributed by atoms with Crippen LogP contribution in [0, 0.1) is 11.8 Å². The zero-order valence-electron chi connectivity index (χ0n) is 14.8. The van der Waals surface area contributed by atoms with Crippen LogP contribution in [-0.4, -0.2) is 28.6 Å². The smallest absolute Gasteiger partial charge is 0.322 e. The average molecular weight is 378 g/mol. The van der Waals surface area contributed by atoms with E-state index in [-0.39, 0.29) is 12.3 Å². The average Bonchev–Trinajstić information content (AvgIpc) is 3.43. The predicted octanol–water partition coefficient (Wildman–Crippen LogP) is 2.61. The van der Waals surface area contributed by atoms with Gasteiger partial charge in [0.2, 0.25) is 0 Å². The second-order valence-corrected chi connectivity index (χ2v) is 7.60. The minimum Gasteiger partial charge on any atom is -0.481 e. The summed E-state index contributed by atoms with van der Waals surface area (Å²) in [6, 6.07) is 14.6. The van der Waals surface area contributed by atoms with Crippen molar-refractivity contribution in [3.63, 3.8) is 0 Å². The lowest BCUT2D eigenvalue weighted by Crippen LogP contribution is -2.51. The highest BCUT2D eigenvalue weighted by atomic mass is 16.5. The maximum Gasteiger partial charge on any atom is 0.322 e. The molecule has 1 saturated heterocycles. The van der Waals surface area contributed by atoms with Gasteiger partial charge >= 0.3 is 12.0 Å². The van der Waals surface area contributed by atoms with Gasteiger partial charge in [0.1, 0.15) is 17.0 Å². The highest BCUT2D eigenvalue weighted by Crippen LogP contribution is 2.54. The largest absolute Gasteiger partial charge is 0.481 e. The lowest BCUT2D eigenvalue weighted by molar-refractivity contribution is -0.139. The molecule has 2 heterocycles. The van der Waals surface area contributed by atoms with E-state index in [4.69, 9.17) is 4.74 Å². The molecule has 0 aromatic heterocycles. The normalized spacial score (nSPS) is 27.9. The fourth-order valence-electron chi connectivity index (χ4n) is 4.62. The molecule has 5 rings (SSSR count). The Hall–Kier alpha value is -3.35. The maximum absolute atomic E-state index is 12.8. The minimum absolute atomic E-state index is 0.208. The summed E-state index contributed by atoms with van der Waals surface area (Å²) in [6.07, 6.45) is 0.645. The summed E-state index contributed by atoms with van der Waals surface area (Å²) in [7, 11) is 0. The number of rotatable bonds is 4. The van der Waals surface area contributed by atoms with Gasteiger partial charge in [0, 0.05) is 23.0 Å². The summed E-state index contributed by atoms with van der Waals surface area (Å²) >= 11 is 0. The van der Waals surface area contributed by atoms with E-state index in [1.54, 1.807) is 0 Å². The number of nitrogens with one attached hydrogen (secondary N) is 2. The van der Waals surface area contributed by atoms with Gasteiger partial charge in [0.05, 0.1) is 5.92 Å². The van der Waals surface area contributed by atoms with Gasteiger partial charge in [-0.2, -0.15) is 0 Å². The molecular formula is C21H18N2O5. The van der Waals surface area contributed by atoms with E-state index in [0.717, 1.165) is 11.1 Å². The summed E-state index contributed by atoms with van der Waals surface area (Å²) in [5.41, 5.74) is 0.589. The molecular weight excluding hydrogens is 360 g/mol. The van der Waals surface area contributed by atoms with Crippen LogP contribution in [0.3, 0.4) is 0 Å². The Balaban J connectivity index is 1.60. The number of fused-ring (bicyclic) bond motifs is 2. The molecule has 1 saturated carbocycles. The number of amides is 3. The number of carboxylic acids is 1. The van der Waals surface area contributed by atoms with Gasteiger partial charge < -0.3 is 15.2 Å². The number of hydrogen-bond donors (Lipinski definition) is 3. The van der Waals surface area contributed by atoms with Gasteiger partial charge in [-0.05, 0) is 25.0 Å². The third kappa shape index (κ3) is 2.39. The zero-order chi connectivity index (χ0) is 19.5. The minimum atomic E-state index is -1.25. The van der Waals surface area contributed by atoms with Crippen molar-refractivity contribution in [3.8, 4) is 11.5 Å². The second kappa shape index (κ2) is 5.82. The third-order valence-corrected chi connectivity index (χ3v) is 6.04. The van der Waals surface area contributed by atoms with E-state index in [9.17, 15) is 19.5 Å². The van der Waals surface area contributed by atoms with Crippen molar-refractivity contribution in [3.05, 3.63) is 59.7 Å². The lowest BCUT2D eigenvalue weighted by atomic mass is 9.75. The van der Waals surface area contributed by atoms with E-state index in [0.29, 0.717) is 17.9 Å². The molecule has 142 valence electrons. The van der Waals surface area contributed by atoms with Crippen LogP contribution in [0.15, 0.2) is 48.5 Å². The van der Waals surface area contributed by atoms with Crippen molar-refractivity contribution in [1.29, 1.82) is 0 Å². The number of para-hydroxylation sites is 2. The van der Waals surface area contributed by atoms with Gasteiger partial charge in [-0.1, -0.05) is 36.4 Å². The molecule has 0 spiro atoms. The molecule has 2 aromatic carbocycles. The molecule has 0 bridgehead atoms. The summed E-state index contributed by atoms with van der Waals surface area (Å²) < 4.78 is 6.01. The van der Waals surface area contributed by atoms with Crippen molar-refractivity contribution >= 4 is 17.9 Å². The molecule has 3 atom stereocenters. The highest BCUT2D eigenvalue weighted by Gasteiger charge is 2.64. The maximum atomic E-state index is 12.8. The van der Waals surface area contributed by atoms with Crippen molar-refractivity contribution in [2.24, 2.45) is 11.8 Å². The number of carboxylic acid groups (broad SMARTS) is 1. The van der Waals surface area contributed by atoms with Gasteiger partial charge in [-0.15, -0.1) is 0 Å². The monoisotopic (exact) mass is 378 g/mol. The van der Waals surface area contributed by atoms with Crippen LogP contribution in [0.5, 0.6) is 11.5 Å². The molecule has 1 unspecified atom stereocenters. The van der Waals surface area contributed by atoms with Crippen LogP contribution in [0.1, 0.15) is 29.9 Å². The fourth-order valence-corrected chi connectivity index (χ4v) is 4.62. The Labute approximate surface area is 160 Å². The summed E-state index contributed by atoms with van der Waals surface area (Å²) in [4.78, 5) is 36.3. The predicted molar refractivity (Wildman–Crippen MR) is 98.1 cm³/mol. The van der Waals surface area contributed by atoms with Crippen LogP contribution in [-0.2, 0) is 9.59 Å². The topological polar surface area (TPSA) is 105 Å². The second-order valence-electron chi connectivity index (χ2n) is 7.60. The quantitative estimate of drug-likeness (QED) is 0.710. The number of imide groups is 1. The van der Waals surface area contributed by atoms with Crippen molar-refractivity contribution in [2.75, 3.05) is 0 Å². The molecule has 28 heavy (non-hydrogen) atoms. The van der Waals surface area contributed by atoms with E-state index in [1.165, 1.54) is 0 Å². The standard InChI is InChI=1S/C21H18N2O5/c24-18(25)13-9-15(13)21(19(26)22-20(27)23-21)10-14-11-5-1-3-7-16(11)28-17-8-4-2-6-12(14)17/h1-8,13-15H,9-10H2,(H,24,25)(H2,22,23,26,27)/t13-,15?,21-/m0/s1. The molecule has 2 fully saturated rings. The molecule has 7 nitrogen and oxygen atoms in total.